The quantitative estimate of drug-likeness (QED) is 0.441. The first-order valence-corrected chi connectivity index (χ1v) is 11.8. The Morgan fingerprint density at radius 3 is 2.34 bits per heavy atom. The number of nitrogens with one attached hydrogen (secondary N) is 2. The summed E-state index contributed by atoms with van der Waals surface area (Å²) in [5.41, 5.74) is 4.54. The zero-order chi connectivity index (χ0) is 23.9. The summed E-state index contributed by atoms with van der Waals surface area (Å²) in [5, 5.41) is 6.78. The summed E-state index contributed by atoms with van der Waals surface area (Å²) < 4.78 is 31.2. The van der Waals surface area contributed by atoms with Crippen LogP contribution in [0.1, 0.15) is 33.3 Å². The zero-order valence-corrected chi connectivity index (χ0v) is 19.6. The van der Waals surface area contributed by atoms with E-state index in [9.17, 15) is 18.0 Å². The number of carbonyl (C=O) groups is 2. The molecule has 0 fully saturated rings. The van der Waals surface area contributed by atoms with Gasteiger partial charge in [-0.3, -0.25) is 13.9 Å². The zero-order valence-electron chi connectivity index (χ0n) is 18.7. The van der Waals surface area contributed by atoms with Gasteiger partial charge in [0.15, 0.2) is 0 Å². The van der Waals surface area contributed by atoms with E-state index in [0.29, 0.717) is 35.0 Å². The molecule has 0 bridgehead atoms. The van der Waals surface area contributed by atoms with Gasteiger partial charge < -0.3 is 10.1 Å². The molecular weight excluding hydrogens is 432 g/mol. The topological polar surface area (TPSA) is 117 Å². The van der Waals surface area contributed by atoms with Crippen LogP contribution >= 0.6 is 0 Å². The smallest absolute Gasteiger partial charge is 0.263 e. The second-order valence-corrected chi connectivity index (χ2v) is 8.96. The van der Waals surface area contributed by atoms with Crippen LogP contribution in [0.5, 0.6) is 5.75 Å². The number of hydrogen-bond acceptors (Lipinski definition) is 6. The largest absolute Gasteiger partial charge is 0.494 e. The van der Waals surface area contributed by atoms with Crippen LogP contribution < -0.4 is 19.8 Å². The highest BCUT2D eigenvalue weighted by Gasteiger charge is 2.29. The molecule has 0 spiro atoms. The van der Waals surface area contributed by atoms with Gasteiger partial charge in [-0.25, -0.2) is 13.8 Å². The summed E-state index contributed by atoms with van der Waals surface area (Å²) in [6, 6.07) is 12.4. The fourth-order valence-corrected chi connectivity index (χ4v) is 4.16. The Hall–Kier alpha value is -3.40. The molecule has 1 atom stereocenters. The summed E-state index contributed by atoms with van der Waals surface area (Å²) in [7, 11) is -3.75. The molecule has 2 rings (SSSR count). The van der Waals surface area contributed by atoms with E-state index in [1.807, 2.05) is 6.92 Å². The first kappa shape index (κ1) is 24.9. The van der Waals surface area contributed by atoms with E-state index in [2.05, 4.69) is 15.8 Å². The molecule has 2 aromatic rings. The van der Waals surface area contributed by atoms with Gasteiger partial charge in [0.1, 0.15) is 11.8 Å². The molecule has 0 aliphatic rings. The summed E-state index contributed by atoms with van der Waals surface area (Å²) in [6.45, 7) is 6.92. The van der Waals surface area contributed by atoms with Crippen molar-refractivity contribution in [2.75, 3.05) is 22.5 Å². The Morgan fingerprint density at radius 1 is 1.12 bits per heavy atom. The van der Waals surface area contributed by atoms with Crippen LogP contribution in [-0.2, 0) is 19.6 Å². The van der Waals surface area contributed by atoms with Crippen LogP contribution in [0.3, 0.4) is 0 Å². The lowest BCUT2D eigenvalue weighted by molar-refractivity contribution is -0.121. The van der Waals surface area contributed by atoms with Gasteiger partial charge in [-0.1, -0.05) is 12.1 Å². The predicted octanol–water partition coefficient (Wildman–Crippen LogP) is 2.74. The second kappa shape index (κ2) is 10.8. The first-order valence-electron chi connectivity index (χ1n) is 9.97. The lowest BCUT2D eigenvalue weighted by Gasteiger charge is -2.27. The Bertz CT molecular complexity index is 1100. The lowest BCUT2D eigenvalue weighted by Crippen LogP contribution is -2.46. The van der Waals surface area contributed by atoms with Crippen LogP contribution in [-0.4, -0.2) is 44.8 Å². The molecule has 0 saturated carbocycles. The van der Waals surface area contributed by atoms with E-state index in [4.69, 9.17) is 4.74 Å². The standard InChI is InChI=1S/C22H28N4O5S/c1-6-31-21-12-10-20(11-13-21)26(32(5,29)30)16(3)22(28)25-24-15(2)18-8-7-9-19(14-18)23-17(4)27/h7-14,16H,6H2,1-5H3,(H,23,27)(H,25,28)/b24-15-/t16-/m1/s1. The van der Waals surface area contributed by atoms with E-state index in [-0.39, 0.29) is 5.91 Å². The molecule has 2 aromatic carbocycles. The van der Waals surface area contributed by atoms with Crippen molar-refractivity contribution in [3.63, 3.8) is 0 Å². The molecule has 0 heterocycles. The maximum absolute atomic E-state index is 12.7. The molecule has 172 valence electrons. The highest BCUT2D eigenvalue weighted by molar-refractivity contribution is 7.92. The molecule has 0 aliphatic heterocycles. The number of rotatable bonds is 9. The monoisotopic (exact) mass is 460 g/mol. The Morgan fingerprint density at radius 2 is 1.78 bits per heavy atom. The number of carbonyl (C=O) groups excluding carboxylic acids is 2. The summed E-state index contributed by atoms with van der Waals surface area (Å²) in [4.78, 5) is 24.0. The highest BCUT2D eigenvalue weighted by atomic mass is 32.2. The maximum Gasteiger partial charge on any atom is 0.263 e. The van der Waals surface area contributed by atoms with Crippen molar-refractivity contribution in [2.45, 2.75) is 33.7 Å². The molecular formula is C22H28N4O5S. The maximum atomic E-state index is 12.7. The molecule has 9 nitrogen and oxygen atoms in total. The molecule has 0 saturated heterocycles. The van der Waals surface area contributed by atoms with Gasteiger partial charge in [0, 0.05) is 12.6 Å². The number of hydrogen-bond donors (Lipinski definition) is 2. The van der Waals surface area contributed by atoms with Crippen molar-refractivity contribution >= 4 is 38.9 Å². The van der Waals surface area contributed by atoms with Gasteiger partial charge in [-0.05, 0) is 62.7 Å². The molecule has 0 unspecified atom stereocenters. The van der Waals surface area contributed by atoms with Gasteiger partial charge in [-0.2, -0.15) is 5.10 Å². The van der Waals surface area contributed by atoms with Crippen LogP contribution in [0.2, 0.25) is 0 Å². The van der Waals surface area contributed by atoms with Gasteiger partial charge in [0.25, 0.3) is 5.91 Å². The predicted molar refractivity (Wildman–Crippen MR) is 125 cm³/mol. The molecule has 2 N–H and O–H groups in total. The number of benzene rings is 2. The van der Waals surface area contributed by atoms with Crippen LogP contribution in [0.25, 0.3) is 0 Å². The van der Waals surface area contributed by atoms with Crippen molar-refractivity contribution < 1.29 is 22.7 Å². The number of nitrogens with zero attached hydrogens (tertiary/aromatic N) is 2. The normalized spacial score (nSPS) is 12.6. The number of ether oxygens (including phenoxy) is 1. The third kappa shape index (κ3) is 6.81. The van der Waals surface area contributed by atoms with E-state index in [1.165, 1.54) is 13.8 Å². The Balaban J connectivity index is 2.20. The first-order chi connectivity index (χ1) is 15.0. The SMILES string of the molecule is CCOc1ccc(N([C@H](C)C(=O)N/N=C(/C)c2cccc(NC(C)=O)c2)S(C)(=O)=O)cc1. The second-order valence-electron chi connectivity index (χ2n) is 7.10. The summed E-state index contributed by atoms with van der Waals surface area (Å²) in [6.07, 6.45) is 1.04. The molecule has 0 aliphatic carbocycles. The molecule has 32 heavy (non-hydrogen) atoms. The third-order valence-electron chi connectivity index (χ3n) is 4.43. The van der Waals surface area contributed by atoms with Gasteiger partial charge in [0.05, 0.1) is 24.3 Å². The van der Waals surface area contributed by atoms with E-state index in [1.54, 1.807) is 55.5 Å². The van der Waals surface area contributed by atoms with Crippen molar-refractivity contribution in [1.82, 2.24) is 5.43 Å². The highest BCUT2D eigenvalue weighted by Crippen LogP contribution is 2.24. The minimum atomic E-state index is -3.75. The fraction of sp³-hybridized carbons (Fsp3) is 0.318. The minimum Gasteiger partial charge on any atom is -0.494 e. The van der Waals surface area contributed by atoms with E-state index >= 15 is 0 Å². The van der Waals surface area contributed by atoms with Gasteiger partial charge in [-0.15, -0.1) is 0 Å². The number of hydrazone groups is 1. The minimum absolute atomic E-state index is 0.200. The van der Waals surface area contributed by atoms with Gasteiger partial charge in [0.2, 0.25) is 15.9 Å². The van der Waals surface area contributed by atoms with Gasteiger partial charge >= 0.3 is 0 Å². The average molecular weight is 461 g/mol. The van der Waals surface area contributed by atoms with Crippen LogP contribution in [0.4, 0.5) is 11.4 Å². The fourth-order valence-electron chi connectivity index (χ4n) is 2.99. The molecule has 2 amide bonds. The van der Waals surface area contributed by atoms with E-state index in [0.717, 1.165) is 10.6 Å². The molecule has 0 radical (unpaired) electrons. The van der Waals surface area contributed by atoms with Crippen LogP contribution in [0.15, 0.2) is 53.6 Å². The van der Waals surface area contributed by atoms with Crippen molar-refractivity contribution in [3.8, 4) is 5.75 Å². The van der Waals surface area contributed by atoms with Crippen molar-refractivity contribution in [3.05, 3.63) is 54.1 Å². The lowest BCUT2D eigenvalue weighted by atomic mass is 10.1. The van der Waals surface area contributed by atoms with E-state index < -0.39 is 22.0 Å². The number of sulfonamides is 1. The van der Waals surface area contributed by atoms with Crippen LogP contribution in [0, 0.1) is 0 Å². The molecule has 10 heteroatoms. The number of anilines is 2. The molecule has 0 aromatic heterocycles. The summed E-state index contributed by atoms with van der Waals surface area (Å²) >= 11 is 0. The van der Waals surface area contributed by atoms with Crippen molar-refractivity contribution in [1.29, 1.82) is 0 Å². The Kier molecular flexibility index (Phi) is 8.36. The summed E-state index contributed by atoms with van der Waals surface area (Å²) in [5.74, 6) is -0.195. The average Bonchev–Trinajstić information content (AvgIpc) is 2.72. The third-order valence-corrected chi connectivity index (χ3v) is 5.67. The van der Waals surface area contributed by atoms with Crippen molar-refractivity contribution in [2.24, 2.45) is 5.10 Å². The number of amides is 2. The Labute approximate surface area is 188 Å².